The van der Waals surface area contributed by atoms with Crippen molar-refractivity contribution in [3.63, 3.8) is 0 Å². The van der Waals surface area contributed by atoms with Crippen LogP contribution in [0.25, 0.3) is 16.8 Å². The standard InChI is InChI=1S/C49H54N2O8Si/c1-32(2)60(33(3)4,26-25-37-27-35-13-11-12-14-36(35)28-43(37)52)59-44-29-46(51-30-34(5)47(53)50-48(51)54)58-45(44)31-57-49(38-15-9-8-10-16-38,39-17-21-41(55-6)22-18-39)40-19-23-42(56-7)24-20-40/h8-28,30,32-33,44-46,52H,29,31H2,1-7H3,(H,50,53,54)/b26-25+/t44-,45+,46+/m0/s1. The van der Waals surface area contributed by atoms with Crippen LogP contribution in [0, 0.1) is 6.92 Å². The first-order valence-corrected chi connectivity index (χ1v) is 22.6. The molecule has 0 unspecified atom stereocenters. The smallest absolute Gasteiger partial charge is 0.330 e. The number of benzene rings is 5. The van der Waals surface area contributed by atoms with E-state index >= 15 is 0 Å². The van der Waals surface area contributed by atoms with Crippen LogP contribution in [-0.2, 0) is 19.5 Å². The second kappa shape index (κ2) is 17.9. The van der Waals surface area contributed by atoms with E-state index in [1.54, 1.807) is 33.4 Å². The maximum atomic E-state index is 13.4. The van der Waals surface area contributed by atoms with Gasteiger partial charge in [-0.15, -0.1) is 0 Å². The van der Waals surface area contributed by atoms with E-state index in [9.17, 15) is 14.7 Å². The van der Waals surface area contributed by atoms with Crippen molar-refractivity contribution in [2.24, 2.45) is 0 Å². The highest BCUT2D eigenvalue weighted by Crippen LogP contribution is 2.45. The van der Waals surface area contributed by atoms with Crippen molar-refractivity contribution in [2.45, 2.75) is 76.2 Å². The fourth-order valence-corrected chi connectivity index (χ4v) is 12.4. The number of rotatable bonds is 15. The van der Waals surface area contributed by atoms with E-state index in [0.717, 1.165) is 27.5 Å². The normalized spacial score (nSPS) is 17.2. The Balaban J connectivity index is 1.33. The minimum atomic E-state index is -2.88. The van der Waals surface area contributed by atoms with Crippen LogP contribution in [0.15, 0.2) is 137 Å². The average Bonchev–Trinajstić information content (AvgIpc) is 3.66. The fourth-order valence-electron chi connectivity index (χ4n) is 8.45. The van der Waals surface area contributed by atoms with E-state index in [0.29, 0.717) is 29.0 Å². The summed E-state index contributed by atoms with van der Waals surface area (Å²) in [6, 6.07) is 37.5. The van der Waals surface area contributed by atoms with E-state index in [2.05, 4.69) is 38.4 Å². The van der Waals surface area contributed by atoms with E-state index in [-0.39, 0.29) is 23.4 Å². The Bertz CT molecular complexity index is 2490. The van der Waals surface area contributed by atoms with Gasteiger partial charge in [-0.25, -0.2) is 4.79 Å². The highest BCUT2D eigenvalue weighted by atomic mass is 28.4. The predicted molar refractivity (Wildman–Crippen MR) is 238 cm³/mol. The van der Waals surface area contributed by atoms with Crippen LogP contribution >= 0.6 is 0 Å². The van der Waals surface area contributed by atoms with Crippen LogP contribution < -0.4 is 20.7 Å². The van der Waals surface area contributed by atoms with Gasteiger partial charge in [-0.2, -0.15) is 0 Å². The number of aromatic hydroxyl groups is 1. The highest BCUT2D eigenvalue weighted by Gasteiger charge is 2.48. The largest absolute Gasteiger partial charge is 0.507 e. The molecule has 10 nitrogen and oxygen atoms in total. The first-order chi connectivity index (χ1) is 28.9. The minimum absolute atomic E-state index is 0.0705. The number of aromatic amines is 1. The number of hydrogen-bond donors (Lipinski definition) is 2. The molecule has 11 heteroatoms. The number of fused-ring (bicyclic) bond motifs is 1. The quantitative estimate of drug-likeness (QED) is 0.0777. The van der Waals surface area contributed by atoms with Crippen molar-refractivity contribution >= 4 is 25.2 Å². The van der Waals surface area contributed by atoms with Gasteiger partial charge in [0.2, 0.25) is 8.32 Å². The molecule has 2 heterocycles. The van der Waals surface area contributed by atoms with Crippen molar-refractivity contribution in [2.75, 3.05) is 20.8 Å². The third-order valence-electron chi connectivity index (χ3n) is 11.9. The lowest BCUT2D eigenvalue weighted by molar-refractivity contribution is -0.0927. The molecular formula is C49H54N2O8Si. The minimum Gasteiger partial charge on any atom is -0.507 e. The van der Waals surface area contributed by atoms with Crippen LogP contribution in [0.4, 0.5) is 0 Å². The van der Waals surface area contributed by atoms with Crippen molar-refractivity contribution in [3.05, 3.63) is 176 Å². The van der Waals surface area contributed by atoms with Crippen LogP contribution in [0.5, 0.6) is 17.2 Å². The Labute approximate surface area is 352 Å². The number of phenolic OH excluding ortho intramolecular Hbond substituents is 1. The van der Waals surface area contributed by atoms with Gasteiger partial charge in [0, 0.05) is 23.7 Å². The molecule has 5 aromatic carbocycles. The van der Waals surface area contributed by atoms with Gasteiger partial charge >= 0.3 is 5.69 Å². The molecule has 1 saturated heterocycles. The summed E-state index contributed by atoms with van der Waals surface area (Å²) < 4.78 is 34.3. The summed E-state index contributed by atoms with van der Waals surface area (Å²) in [4.78, 5) is 28.3. The van der Waals surface area contributed by atoms with Gasteiger partial charge in [0.25, 0.3) is 5.56 Å². The number of nitrogens with zero attached hydrogens (tertiary/aromatic N) is 1. The second-order valence-electron chi connectivity index (χ2n) is 16.1. The number of ether oxygens (including phenoxy) is 4. The van der Waals surface area contributed by atoms with E-state index in [1.807, 2.05) is 115 Å². The molecule has 0 saturated carbocycles. The van der Waals surface area contributed by atoms with Crippen LogP contribution in [0.3, 0.4) is 0 Å². The average molecular weight is 827 g/mol. The van der Waals surface area contributed by atoms with Crippen LogP contribution in [0.1, 0.15) is 68.2 Å². The molecule has 0 bridgehead atoms. The van der Waals surface area contributed by atoms with Crippen molar-refractivity contribution in [1.82, 2.24) is 9.55 Å². The molecule has 1 aliphatic rings. The first kappa shape index (κ1) is 42.4. The number of hydrogen-bond acceptors (Lipinski definition) is 8. The third-order valence-corrected chi connectivity index (χ3v) is 16.9. The fraction of sp³-hybridized carbons (Fsp3) is 0.306. The highest BCUT2D eigenvalue weighted by molar-refractivity contribution is 6.81. The van der Waals surface area contributed by atoms with E-state index in [4.69, 9.17) is 23.4 Å². The van der Waals surface area contributed by atoms with Gasteiger partial charge in [-0.05, 0) is 81.9 Å². The summed E-state index contributed by atoms with van der Waals surface area (Å²) in [5.74, 6) is 1.61. The van der Waals surface area contributed by atoms with E-state index < -0.39 is 43.6 Å². The molecule has 0 amide bonds. The lowest BCUT2D eigenvalue weighted by Crippen LogP contribution is -2.49. The molecule has 0 aliphatic carbocycles. The molecule has 1 aromatic heterocycles. The molecule has 1 aliphatic heterocycles. The van der Waals surface area contributed by atoms with Crippen molar-refractivity contribution < 1.29 is 28.5 Å². The second-order valence-corrected chi connectivity index (χ2v) is 20.7. The molecule has 7 rings (SSSR count). The Kier molecular flexibility index (Phi) is 12.6. The Morgan fingerprint density at radius 2 is 1.37 bits per heavy atom. The maximum Gasteiger partial charge on any atom is 0.330 e. The van der Waals surface area contributed by atoms with Crippen molar-refractivity contribution in [3.8, 4) is 17.2 Å². The van der Waals surface area contributed by atoms with Gasteiger partial charge in [0.15, 0.2) is 0 Å². The number of phenols is 1. The van der Waals surface area contributed by atoms with Gasteiger partial charge < -0.3 is 28.5 Å². The monoisotopic (exact) mass is 826 g/mol. The summed E-state index contributed by atoms with van der Waals surface area (Å²) in [5, 5.41) is 13.1. The molecule has 6 aromatic rings. The summed E-state index contributed by atoms with van der Waals surface area (Å²) >= 11 is 0. The summed E-state index contributed by atoms with van der Waals surface area (Å²) in [6.07, 6.45) is 1.94. The number of nitrogens with one attached hydrogen (secondary N) is 1. The maximum absolute atomic E-state index is 13.4. The zero-order chi connectivity index (χ0) is 42.6. The van der Waals surface area contributed by atoms with Gasteiger partial charge in [0.05, 0.1) is 26.9 Å². The molecule has 312 valence electrons. The lowest BCUT2D eigenvalue weighted by Gasteiger charge is -2.40. The lowest BCUT2D eigenvalue weighted by atomic mass is 9.80. The van der Waals surface area contributed by atoms with Gasteiger partial charge in [-0.1, -0.05) is 118 Å². The SMILES string of the molecule is COc1ccc(C(OC[C@H]2O[C@@H](n3cc(C)c(=O)[nH]c3=O)C[C@@H]2O[Si](/C=C/c2cc3ccccc3cc2O)(C(C)C)C(C)C)(c2ccccc2)c2ccc(OC)cc2)cc1. The summed E-state index contributed by atoms with van der Waals surface area (Å²) in [5.41, 5.74) is 4.00. The number of methoxy groups -OCH3 is 2. The molecule has 0 radical (unpaired) electrons. The number of aromatic nitrogens is 2. The molecule has 60 heavy (non-hydrogen) atoms. The zero-order valence-corrected chi connectivity index (χ0v) is 36.3. The molecule has 1 fully saturated rings. The summed E-state index contributed by atoms with van der Waals surface area (Å²) in [7, 11) is 0.395. The Morgan fingerprint density at radius 3 is 1.93 bits per heavy atom. The summed E-state index contributed by atoms with van der Waals surface area (Å²) in [6.45, 7) is 10.5. The number of H-pyrrole nitrogens is 1. The zero-order valence-electron chi connectivity index (χ0n) is 35.3. The van der Waals surface area contributed by atoms with E-state index in [1.165, 1.54) is 4.57 Å². The number of aryl methyl sites for hydroxylation is 1. The van der Waals surface area contributed by atoms with Gasteiger partial charge in [-0.3, -0.25) is 14.3 Å². The molecule has 3 atom stereocenters. The molecular weight excluding hydrogens is 773 g/mol. The van der Waals surface area contributed by atoms with Crippen LogP contribution in [-0.4, -0.2) is 56.0 Å². The Morgan fingerprint density at radius 1 is 0.817 bits per heavy atom. The molecule has 2 N–H and O–H groups in total. The predicted octanol–water partition coefficient (Wildman–Crippen LogP) is 9.42. The topological polar surface area (TPSA) is 121 Å². The van der Waals surface area contributed by atoms with Gasteiger partial charge in [0.1, 0.15) is 35.2 Å². The third kappa shape index (κ3) is 8.35. The Hall–Kier alpha value is -5.72. The first-order valence-electron chi connectivity index (χ1n) is 20.4. The molecule has 0 spiro atoms. The van der Waals surface area contributed by atoms with Crippen LogP contribution in [0.2, 0.25) is 11.1 Å². The van der Waals surface area contributed by atoms with Crippen molar-refractivity contribution in [1.29, 1.82) is 0 Å².